The Balaban J connectivity index is 3.06. The topological polar surface area (TPSA) is 93.2 Å². The standard InChI is InChI=1S/C12H12N2O4S/c1-7(2)18-12(15)9(6-13)4-10-5-11(14(16)17)8(3)19-10/h4-5,7H,1-3H3. The molecule has 0 amide bonds. The molecule has 0 aliphatic carbocycles. The number of hydrogen-bond donors (Lipinski definition) is 0. The Bertz CT molecular complexity index is 581. The molecule has 0 aliphatic rings. The van der Waals surface area contributed by atoms with E-state index in [1.807, 2.05) is 0 Å². The van der Waals surface area contributed by atoms with Crippen molar-refractivity contribution in [3.8, 4) is 6.07 Å². The maximum Gasteiger partial charge on any atom is 0.349 e. The molecule has 100 valence electrons. The van der Waals surface area contributed by atoms with Gasteiger partial charge in [0.1, 0.15) is 11.6 Å². The van der Waals surface area contributed by atoms with Crippen LogP contribution in [0, 0.1) is 28.4 Å². The van der Waals surface area contributed by atoms with Gasteiger partial charge in [-0.3, -0.25) is 10.1 Å². The van der Waals surface area contributed by atoms with Crippen molar-refractivity contribution in [3.63, 3.8) is 0 Å². The maximum absolute atomic E-state index is 11.6. The minimum Gasteiger partial charge on any atom is -0.459 e. The van der Waals surface area contributed by atoms with Gasteiger partial charge in [0.15, 0.2) is 0 Å². The van der Waals surface area contributed by atoms with Crippen molar-refractivity contribution < 1.29 is 14.5 Å². The fourth-order valence-electron chi connectivity index (χ4n) is 1.30. The molecule has 0 aliphatic heterocycles. The highest BCUT2D eigenvalue weighted by Gasteiger charge is 2.17. The summed E-state index contributed by atoms with van der Waals surface area (Å²) in [5.41, 5.74) is -0.199. The number of nitriles is 1. The minimum absolute atomic E-state index is 0.0224. The zero-order valence-electron chi connectivity index (χ0n) is 10.7. The molecule has 1 heterocycles. The molecule has 0 aromatic carbocycles. The van der Waals surface area contributed by atoms with Crippen LogP contribution in [0.5, 0.6) is 0 Å². The Morgan fingerprint density at radius 3 is 2.68 bits per heavy atom. The molecule has 0 radical (unpaired) electrons. The predicted molar refractivity (Wildman–Crippen MR) is 70.5 cm³/mol. The molecule has 0 saturated carbocycles. The number of hydrogen-bond acceptors (Lipinski definition) is 6. The van der Waals surface area contributed by atoms with Crippen molar-refractivity contribution >= 4 is 29.1 Å². The zero-order valence-corrected chi connectivity index (χ0v) is 11.5. The Kier molecular flexibility index (Phi) is 4.78. The molecule has 6 nitrogen and oxygen atoms in total. The second-order valence-electron chi connectivity index (χ2n) is 3.97. The van der Waals surface area contributed by atoms with Gasteiger partial charge < -0.3 is 4.74 Å². The monoisotopic (exact) mass is 280 g/mol. The third kappa shape index (κ3) is 3.89. The quantitative estimate of drug-likeness (QED) is 0.278. The maximum atomic E-state index is 11.6. The molecule has 0 N–H and O–H groups in total. The first-order chi connectivity index (χ1) is 8.85. The van der Waals surface area contributed by atoms with Crippen LogP contribution in [-0.2, 0) is 9.53 Å². The van der Waals surface area contributed by atoms with E-state index >= 15 is 0 Å². The van der Waals surface area contributed by atoms with Gasteiger partial charge in [0, 0.05) is 10.9 Å². The van der Waals surface area contributed by atoms with Gasteiger partial charge in [-0.15, -0.1) is 11.3 Å². The van der Waals surface area contributed by atoms with Gasteiger partial charge in [0.05, 0.1) is 15.9 Å². The van der Waals surface area contributed by atoms with Crippen molar-refractivity contribution in [2.45, 2.75) is 26.9 Å². The number of carbonyl (C=O) groups is 1. The highest BCUT2D eigenvalue weighted by atomic mass is 32.1. The molecule has 7 heteroatoms. The number of rotatable bonds is 4. The highest BCUT2D eigenvalue weighted by Crippen LogP contribution is 2.29. The number of aryl methyl sites for hydroxylation is 1. The van der Waals surface area contributed by atoms with E-state index in [0.29, 0.717) is 9.75 Å². The lowest BCUT2D eigenvalue weighted by Crippen LogP contribution is -2.12. The molecular formula is C12H12N2O4S. The molecule has 1 aromatic rings. The molecule has 0 atom stereocenters. The van der Waals surface area contributed by atoms with Crippen LogP contribution in [0.15, 0.2) is 11.6 Å². The first-order valence-electron chi connectivity index (χ1n) is 5.42. The molecule has 0 unspecified atom stereocenters. The number of esters is 1. The number of nitro groups is 1. The molecule has 1 aromatic heterocycles. The van der Waals surface area contributed by atoms with E-state index < -0.39 is 10.9 Å². The summed E-state index contributed by atoms with van der Waals surface area (Å²) in [6.07, 6.45) is 0.971. The van der Waals surface area contributed by atoms with Crippen LogP contribution < -0.4 is 0 Å². The molecule has 0 bridgehead atoms. The van der Waals surface area contributed by atoms with E-state index in [0.717, 1.165) is 11.3 Å². The number of carbonyl (C=O) groups excluding carboxylic acids is 1. The fourth-order valence-corrected chi connectivity index (χ4v) is 2.24. The predicted octanol–water partition coefficient (Wildman–Crippen LogP) is 2.82. The summed E-state index contributed by atoms with van der Waals surface area (Å²) in [4.78, 5) is 22.8. The van der Waals surface area contributed by atoms with E-state index in [4.69, 9.17) is 10.00 Å². The largest absolute Gasteiger partial charge is 0.459 e. The zero-order chi connectivity index (χ0) is 14.6. The summed E-state index contributed by atoms with van der Waals surface area (Å²) in [6, 6.07) is 3.07. The Labute approximate surface area is 114 Å². The van der Waals surface area contributed by atoms with Crippen LogP contribution in [-0.4, -0.2) is 17.0 Å². The third-order valence-electron chi connectivity index (χ3n) is 2.08. The van der Waals surface area contributed by atoms with Crippen molar-refractivity contribution in [1.82, 2.24) is 0 Å². The van der Waals surface area contributed by atoms with E-state index in [2.05, 4.69) is 0 Å². The van der Waals surface area contributed by atoms with Crippen LogP contribution in [0.2, 0.25) is 0 Å². The van der Waals surface area contributed by atoms with Crippen molar-refractivity contribution in [1.29, 1.82) is 5.26 Å². The molecular weight excluding hydrogens is 268 g/mol. The normalized spacial score (nSPS) is 11.2. The van der Waals surface area contributed by atoms with Crippen LogP contribution in [0.3, 0.4) is 0 Å². The van der Waals surface area contributed by atoms with E-state index in [9.17, 15) is 14.9 Å². The molecule has 0 saturated heterocycles. The minimum atomic E-state index is -0.730. The second-order valence-corrected chi connectivity index (χ2v) is 5.26. The van der Waals surface area contributed by atoms with Crippen molar-refractivity contribution in [2.75, 3.05) is 0 Å². The summed E-state index contributed by atoms with van der Waals surface area (Å²) in [5, 5.41) is 19.6. The first-order valence-corrected chi connectivity index (χ1v) is 6.24. The first kappa shape index (κ1) is 14.9. The SMILES string of the molecule is Cc1sc(C=C(C#N)C(=O)OC(C)C)cc1[N+](=O)[O-]. The molecule has 0 spiro atoms. The van der Waals surface area contributed by atoms with E-state index in [-0.39, 0.29) is 17.4 Å². The van der Waals surface area contributed by atoms with Gasteiger partial charge >= 0.3 is 5.97 Å². The van der Waals surface area contributed by atoms with Gasteiger partial charge in [-0.2, -0.15) is 5.26 Å². The van der Waals surface area contributed by atoms with Crippen LogP contribution in [0.25, 0.3) is 6.08 Å². The Hall–Kier alpha value is -2.20. The van der Waals surface area contributed by atoms with Crippen molar-refractivity contribution in [2.24, 2.45) is 0 Å². The van der Waals surface area contributed by atoms with Gasteiger partial charge in [0.25, 0.3) is 5.69 Å². The Morgan fingerprint density at radius 1 is 1.63 bits per heavy atom. The Morgan fingerprint density at radius 2 is 2.26 bits per heavy atom. The van der Waals surface area contributed by atoms with Crippen LogP contribution >= 0.6 is 11.3 Å². The summed E-state index contributed by atoms with van der Waals surface area (Å²) < 4.78 is 4.90. The average Bonchev–Trinajstić information content (AvgIpc) is 2.66. The fraction of sp³-hybridized carbons (Fsp3) is 0.333. The number of thiophene rings is 1. The number of ether oxygens (including phenoxy) is 1. The lowest BCUT2D eigenvalue weighted by molar-refractivity contribution is -0.385. The van der Waals surface area contributed by atoms with Crippen LogP contribution in [0.1, 0.15) is 23.6 Å². The lowest BCUT2D eigenvalue weighted by Gasteiger charge is -2.05. The second kappa shape index (κ2) is 6.11. The van der Waals surface area contributed by atoms with Gasteiger partial charge in [0.2, 0.25) is 0 Å². The summed E-state index contributed by atoms with van der Waals surface area (Å²) >= 11 is 1.15. The highest BCUT2D eigenvalue weighted by molar-refractivity contribution is 7.13. The summed E-state index contributed by atoms with van der Waals surface area (Å²) in [5.74, 6) is -0.730. The molecule has 1 rings (SSSR count). The van der Waals surface area contributed by atoms with Crippen LogP contribution in [0.4, 0.5) is 5.69 Å². The summed E-state index contributed by atoms with van der Waals surface area (Å²) in [7, 11) is 0. The molecule has 0 fully saturated rings. The number of nitrogens with zero attached hydrogens (tertiary/aromatic N) is 2. The van der Waals surface area contributed by atoms with E-state index in [1.54, 1.807) is 26.8 Å². The van der Waals surface area contributed by atoms with Gasteiger partial charge in [-0.25, -0.2) is 4.79 Å². The lowest BCUT2D eigenvalue weighted by atomic mass is 10.2. The van der Waals surface area contributed by atoms with E-state index in [1.165, 1.54) is 12.1 Å². The van der Waals surface area contributed by atoms with Gasteiger partial charge in [-0.05, 0) is 26.8 Å². The average molecular weight is 280 g/mol. The summed E-state index contributed by atoms with van der Waals surface area (Å²) in [6.45, 7) is 4.96. The smallest absolute Gasteiger partial charge is 0.349 e. The molecule has 19 heavy (non-hydrogen) atoms. The van der Waals surface area contributed by atoms with Crippen molar-refractivity contribution in [3.05, 3.63) is 31.5 Å². The van der Waals surface area contributed by atoms with Gasteiger partial charge in [-0.1, -0.05) is 0 Å². The third-order valence-corrected chi connectivity index (χ3v) is 3.06.